The van der Waals surface area contributed by atoms with Crippen LogP contribution in [0.3, 0.4) is 0 Å². The summed E-state index contributed by atoms with van der Waals surface area (Å²) >= 11 is 0. The first-order valence-corrected chi connectivity index (χ1v) is 8.98. The normalized spacial score (nSPS) is 14.8. The Morgan fingerprint density at radius 3 is 1.88 bits per heavy atom. The van der Waals surface area contributed by atoms with Crippen molar-refractivity contribution < 1.29 is 49.0 Å². The summed E-state index contributed by atoms with van der Waals surface area (Å²) in [5, 5.41) is 0. The predicted molar refractivity (Wildman–Crippen MR) is 96.0 cm³/mol. The highest BCUT2D eigenvalue weighted by Crippen LogP contribution is 2.60. The number of hydrogen-bond donors (Lipinski definition) is 0. The van der Waals surface area contributed by atoms with Gasteiger partial charge in [0.25, 0.3) is 0 Å². The van der Waals surface area contributed by atoms with Gasteiger partial charge in [0, 0.05) is 5.56 Å². The van der Waals surface area contributed by atoms with E-state index in [4.69, 9.17) is 0 Å². The van der Waals surface area contributed by atoms with Gasteiger partial charge in [0.05, 0.1) is 12.7 Å². The molecule has 2 rings (SSSR count). The maximum Gasteiger partial charge on any atom is 0.457 e. The molecule has 175 valence electrons. The van der Waals surface area contributed by atoms with Gasteiger partial charge in [-0.3, -0.25) is 0 Å². The van der Waals surface area contributed by atoms with Crippen LogP contribution in [0.25, 0.3) is 11.1 Å². The minimum Gasteiger partial charge on any atom is -0.465 e. The molecule has 32 heavy (non-hydrogen) atoms. The molecule has 11 heteroatoms. The SMILES string of the molecule is CCc1[c]c(C)cc(C(F)(C(F)(F)F)C(F)(F)C(F)(F)F)c1-c1ccc(C(=O)OC)cc1. The molecular weight excluding hydrogens is 455 g/mol. The van der Waals surface area contributed by atoms with Crippen molar-refractivity contribution in [2.24, 2.45) is 0 Å². The second-order valence-corrected chi connectivity index (χ2v) is 6.87. The van der Waals surface area contributed by atoms with Crippen LogP contribution in [0.2, 0.25) is 0 Å². The molecule has 0 bridgehead atoms. The third-order valence-electron chi connectivity index (χ3n) is 4.78. The van der Waals surface area contributed by atoms with E-state index in [0.717, 1.165) is 38.3 Å². The van der Waals surface area contributed by atoms with Gasteiger partial charge < -0.3 is 4.74 Å². The quantitative estimate of drug-likeness (QED) is 0.357. The van der Waals surface area contributed by atoms with E-state index in [9.17, 15) is 39.9 Å². The second kappa shape index (κ2) is 8.32. The summed E-state index contributed by atoms with van der Waals surface area (Å²) in [7, 11) is 1.05. The molecule has 2 aromatic rings. The van der Waals surface area contributed by atoms with E-state index < -0.39 is 41.0 Å². The van der Waals surface area contributed by atoms with Gasteiger partial charge in [-0.15, -0.1) is 0 Å². The van der Waals surface area contributed by atoms with Crippen LogP contribution in [0, 0.1) is 13.0 Å². The molecule has 0 saturated heterocycles. The predicted octanol–water partition coefficient (Wildman–Crippen LogP) is 6.74. The molecule has 0 aliphatic rings. The highest BCUT2D eigenvalue weighted by Gasteiger charge is 2.82. The standard InChI is InChI=1S/C21H16F9O2/c1-4-12-9-11(2)10-15(16(12)13-5-7-14(8-6-13)17(31)32-3)18(22,20(25,26)27)19(23,24)21(28,29)30/h5-8,10H,4H2,1-3H3. The molecule has 2 nitrogen and oxygen atoms in total. The van der Waals surface area contributed by atoms with Crippen LogP contribution in [0.4, 0.5) is 39.5 Å². The van der Waals surface area contributed by atoms with E-state index >= 15 is 4.39 Å². The van der Waals surface area contributed by atoms with Crippen molar-refractivity contribution in [1.82, 2.24) is 0 Å². The highest BCUT2D eigenvalue weighted by molar-refractivity contribution is 5.90. The second-order valence-electron chi connectivity index (χ2n) is 6.87. The Bertz CT molecular complexity index is 992. The van der Waals surface area contributed by atoms with E-state index in [-0.39, 0.29) is 34.7 Å². The fraction of sp³-hybridized carbons (Fsp3) is 0.381. The Labute approximate surface area is 177 Å². The first-order valence-electron chi connectivity index (χ1n) is 8.98. The Kier molecular flexibility index (Phi) is 6.64. The van der Waals surface area contributed by atoms with Crippen LogP contribution in [-0.4, -0.2) is 31.4 Å². The summed E-state index contributed by atoms with van der Waals surface area (Å²) in [4.78, 5) is 11.6. The minimum atomic E-state index is -6.84. The molecule has 0 N–H and O–H groups in total. The number of carbonyl (C=O) groups is 1. The molecule has 1 atom stereocenters. The highest BCUT2D eigenvalue weighted by atomic mass is 19.4. The maximum atomic E-state index is 15.3. The van der Waals surface area contributed by atoms with Crippen LogP contribution < -0.4 is 0 Å². The number of halogens is 9. The van der Waals surface area contributed by atoms with Crippen LogP contribution in [0.5, 0.6) is 0 Å². The summed E-state index contributed by atoms with van der Waals surface area (Å²) in [6, 6.07) is 6.95. The number of hydrogen-bond acceptors (Lipinski definition) is 2. The molecule has 0 spiro atoms. The fourth-order valence-electron chi connectivity index (χ4n) is 3.24. The fourth-order valence-corrected chi connectivity index (χ4v) is 3.24. The molecule has 0 aliphatic heterocycles. The lowest BCUT2D eigenvalue weighted by Crippen LogP contribution is -2.60. The first-order chi connectivity index (χ1) is 14.5. The van der Waals surface area contributed by atoms with E-state index in [0.29, 0.717) is 0 Å². The minimum absolute atomic E-state index is 0.0742. The summed E-state index contributed by atoms with van der Waals surface area (Å²) in [6.07, 6.45) is -13.6. The first kappa shape index (κ1) is 25.5. The van der Waals surface area contributed by atoms with Gasteiger partial charge in [0.15, 0.2) is 0 Å². The molecule has 0 amide bonds. The lowest BCUT2D eigenvalue weighted by atomic mass is 9.79. The number of aryl methyl sites for hydroxylation is 2. The molecule has 1 radical (unpaired) electrons. The van der Waals surface area contributed by atoms with E-state index in [1.165, 1.54) is 6.92 Å². The van der Waals surface area contributed by atoms with Crippen LogP contribution in [-0.2, 0) is 16.8 Å². The van der Waals surface area contributed by atoms with Gasteiger partial charge in [-0.25, -0.2) is 9.18 Å². The Morgan fingerprint density at radius 1 is 0.938 bits per heavy atom. The van der Waals surface area contributed by atoms with Gasteiger partial charge in [-0.1, -0.05) is 25.1 Å². The number of esters is 1. The largest absolute Gasteiger partial charge is 0.465 e. The van der Waals surface area contributed by atoms with E-state index in [1.807, 2.05) is 0 Å². The van der Waals surface area contributed by atoms with Crippen molar-refractivity contribution in [2.75, 3.05) is 7.11 Å². The maximum absolute atomic E-state index is 15.3. The number of rotatable bonds is 5. The lowest BCUT2D eigenvalue weighted by Gasteiger charge is -2.37. The summed E-state index contributed by atoms with van der Waals surface area (Å²) in [5.74, 6) is -7.64. The molecular formula is C21H16F9O2. The van der Waals surface area contributed by atoms with E-state index in [2.05, 4.69) is 10.8 Å². The molecule has 0 heterocycles. The van der Waals surface area contributed by atoms with Gasteiger partial charge >= 0.3 is 29.9 Å². The monoisotopic (exact) mass is 471 g/mol. The Hall–Kier alpha value is -2.72. The van der Waals surface area contributed by atoms with Gasteiger partial charge in [0.1, 0.15) is 0 Å². The Morgan fingerprint density at radius 2 is 1.47 bits per heavy atom. The molecule has 0 aromatic heterocycles. The zero-order valence-electron chi connectivity index (χ0n) is 16.8. The third kappa shape index (κ3) is 4.04. The zero-order chi connectivity index (χ0) is 24.7. The van der Waals surface area contributed by atoms with Crippen LogP contribution in [0.15, 0.2) is 30.3 Å². The molecule has 2 aromatic carbocycles. The van der Waals surface area contributed by atoms with Gasteiger partial charge in [0.2, 0.25) is 0 Å². The molecule has 0 saturated carbocycles. The topological polar surface area (TPSA) is 26.3 Å². The van der Waals surface area contributed by atoms with Gasteiger partial charge in [-0.2, -0.15) is 35.1 Å². The van der Waals surface area contributed by atoms with Crippen molar-refractivity contribution >= 4 is 5.97 Å². The third-order valence-corrected chi connectivity index (χ3v) is 4.78. The van der Waals surface area contributed by atoms with E-state index in [1.54, 1.807) is 0 Å². The van der Waals surface area contributed by atoms with Crippen molar-refractivity contribution in [2.45, 2.75) is 44.2 Å². The summed E-state index contributed by atoms with van der Waals surface area (Å²) in [5.41, 5.74) is -9.69. The zero-order valence-corrected chi connectivity index (χ0v) is 16.8. The van der Waals surface area contributed by atoms with Crippen molar-refractivity contribution in [1.29, 1.82) is 0 Å². The number of alkyl halides is 9. The average molecular weight is 471 g/mol. The summed E-state index contributed by atoms with van der Waals surface area (Å²) in [6.45, 7) is 2.48. The number of methoxy groups -OCH3 is 1. The average Bonchev–Trinajstić information content (AvgIpc) is 2.70. The number of benzene rings is 2. The Balaban J connectivity index is 2.97. The molecule has 1 unspecified atom stereocenters. The van der Waals surface area contributed by atoms with Crippen molar-refractivity contribution in [3.05, 3.63) is 58.7 Å². The molecule has 0 aliphatic carbocycles. The summed E-state index contributed by atoms with van der Waals surface area (Å²) < 4.78 is 128. The number of carbonyl (C=O) groups excluding carboxylic acids is 1. The smallest absolute Gasteiger partial charge is 0.457 e. The van der Waals surface area contributed by atoms with Crippen molar-refractivity contribution in [3.8, 4) is 11.1 Å². The van der Waals surface area contributed by atoms with Crippen LogP contribution >= 0.6 is 0 Å². The lowest BCUT2D eigenvalue weighted by molar-refractivity contribution is -0.389. The van der Waals surface area contributed by atoms with Crippen molar-refractivity contribution in [3.63, 3.8) is 0 Å². The molecule has 0 fully saturated rings. The van der Waals surface area contributed by atoms with Gasteiger partial charge in [-0.05, 0) is 53.8 Å². The number of ether oxygens (including phenoxy) is 1. The van der Waals surface area contributed by atoms with Crippen LogP contribution in [0.1, 0.15) is 34.0 Å².